The molecule has 0 fully saturated rings. The maximum atomic E-state index is 12.1. The first-order valence-electron chi connectivity index (χ1n) is 5.40. The highest BCUT2D eigenvalue weighted by atomic mass is 16.2. The maximum Gasteiger partial charge on any atom is 0.255 e. The Balaban J connectivity index is 2.93. The molecule has 3 heteroatoms. The number of nitrogens with one attached hydrogen (secondary N) is 1. The maximum absolute atomic E-state index is 12.1. The van der Waals surface area contributed by atoms with E-state index in [2.05, 4.69) is 11.9 Å². The molecule has 1 aromatic carbocycles. The van der Waals surface area contributed by atoms with Gasteiger partial charge in [0.25, 0.3) is 5.91 Å². The Morgan fingerprint density at radius 2 is 2.19 bits per heavy atom. The molecular formula is C13H18N2O. The van der Waals surface area contributed by atoms with Crippen molar-refractivity contribution in [1.82, 2.24) is 4.90 Å². The van der Waals surface area contributed by atoms with Crippen molar-refractivity contribution >= 4 is 11.6 Å². The first kappa shape index (κ1) is 12.3. The molecule has 0 heterocycles. The first-order valence-corrected chi connectivity index (χ1v) is 5.40. The second-order valence-electron chi connectivity index (χ2n) is 3.55. The van der Waals surface area contributed by atoms with Gasteiger partial charge in [0.2, 0.25) is 0 Å². The molecule has 16 heavy (non-hydrogen) atoms. The normalized spacial score (nSPS) is 9.62. The van der Waals surface area contributed by atoms with Crippen LogP contribution in [0.1, 0.15) is 17.3 Å². The molecule has 0 saturated heterocycles. The fourth-order valence-electron chi connectivity index (χ4n) is 1.50. The first-order chi connectivity index (χ1) is 7.70. The number of nitrogens with zero attached hydrogens (tertiary/aromatic N) is 1. The lowest BCUT2D eigenvalue weighted by atomic mass is 10.1. The fraction of sp³-hybridized carbons (Fsp3) is 0.308. The molecule has 1 amide bonds. The average molecular weight is 218 g/mol. The van der Waals surface area contributed by atoms with E-state index < -0.39 is 0 Å². The van der Waals surface area contributed by atoms with Crippen LogP contribution in [-0.2, 0) is 0 Å². The zero-order chi connectivity index (χ0) is 12.0. The molecule has 0 unspecified atom stereocenters. The molecule has 0 aliphatic heterocycles. The summed E-state index contributed by atoms with van der Waals surface area (Å²) < 4.78 is 0. The van der Waals surface area contributed by atoms with Gasteiger partial charge in [-0.25, -0.2) is 0 Å². The zero-order valence-corrected chi connectivity index (χ0v) is 9.86. The van der Waals surface area contributed by atoms with E-state index in [-0.39, 0.29) is 5.91 Å². The van der Waals surface area contributed by atoms with Crippen LogP contribution in [-0.4, -0.2) is 30.9 Å². The third-order valence-corrected chi connectivity index (χ3v) is 2.27. The predicted octanol–water partition coefficient (Wildman–Crippen LogP) is 2.38. The van der Waals surface area contributed by atoms with Crippen molar-refractivity contribution < 1.29 is 4.79 Å². The Morgan fingerprint density at radius 1 is 1.50 bits per heavy atom. The van der Waals surface area contributed by atoms with Crippen molar-refractivity contribution in [2.45, 2.75) is 6.92 Å². The van der Waals surface area contributed by atoms with Gasteiger partial charge in [0.05, 0.1) is 5.56 Å². The summed E-state index contributed by atoms with van der Waals surface area (Å²) >= 11 is 0. The number of para-hydroxylation sites is 1. The molecule has 0 spiro atoms. The highest BCUT2D eigenvalue weighted by Crippen LogP contribution is 2.16. The van der Waals surface area contributed by atoms with Crippen LogP contribution < -0.4 is 5.32 Å². The molecule has 1 aromatic rings. The van der Waals surface area contributed by atoms with Crippen LogP contribution in [0.4, 0.5) is 5.69 Å². The SMILES string of the molecule is C=CCN(C)C(=O)c1ccccc1NCC. The van der Waals surface area contributed by atoms with Crippen molar-refractivity contribution in [1.29, 1.82) is 0 Å². The third-order valence-electron chi connectivity index (χ3n) is 2.27. The summed E-state index contributed by atoms with van der Waals surface area (Å²) in [5.41, 5.74) is 1.58. The smallest absolute Gasteiger partial charge is 0.255 e. The molecular weight excluding hydrogens is 200 g/mol. The minimum atomic E-state index is 0.0106. The van der Waals surface area contributed by atoms with E-state index >= 15 is 0 Å². The Morgan fingerprint density at radius 3 is 2.81 bits per heavy atom. The highest BCUT2D eigenvalue weighted by Gasteiger charge is 2.13. The number of hydrogen-bond donors (Lipinski definition) is 1. The van der Waals surface area contributed by atoms with Crippen molar-refractivity contribution in [2.24, 2.45) is 0 Å². The number of benzene rings is 1. The summed E-state index contributed by atoms with van der Waals surface area (Å²) in [5.74, 6) is 0.0106. The molecule has 1 N–H and O–H groups in total. The van der Waals surface area contributed by atoms with Crippen LogP contribution in [0.25, 0.3) is 0 Å². The van der Waals surface area contributed by atoms with Gasteiger partial charge in [0, 0.05) is 25.8 Å². The minimum absolute atomic E-state index is 0.0106. The van der Waals surface area contributed by atoms with E-state index in [0.29, 0.717) is 12.1 Å². The molecule has 86 valence electrons. The van der Waals surface area contributed by atoms with Crippen molar-refractivity contribution in [3.05, 3.63) is 42.5 Å². The third kappa shape index (κ3) is 2.86. The van der Waals surface area contributed by atoms with E-state index in [1.165, 1.54) is 0 Å². The number of rotatable bonds is 5. The van der Waals surface area contributed by atoms with Gasteiger partial charge in [0.1, 0.15) is 0 Å². The van der Waals surface area contributed by atoms with Crippen LogP contribution in [0, 0.1) is 0 Å². The van der Waals surface area contributed by atoms with E-state index in [9.17, 15) is 4.79 Å². The van der Waals surface area contributed by atoms with Crippen molar-refractivity contribution in [2.75, 3.05) is 25.5 Å². The van der Waals surface area contributed by atoms with Crippen LogP contribution in [0.2, 0.25) is 0 Å². The van der Waals surface area contributed by atoms with Gasteiger partial charge in [-0.2, -0.15) is 0 Å². The van der Waals surface area contributed by atoms with E-state index in [1.807, 2.05) is 31.2 Å². The van der Waals surface area contributed by atoms with Crippen molar-refractivity contribution in [3.63, 3.8) is 0 Å². The van der Waals surface area contributed by atoms with E-state index in [4.69, 9.17) is 0 Å². The van der Waals surface area contributed by atoms with E-state index in [0.717, 1.165) is 12.2 Å². The lowest BCUT2D eigenvalue weighted by molar-refractivity contribution is 0.0811. The van der Waals surface area contributed by atoms with Gasteiger partial charge >= 0.3 is 0 Å². The van der Waals surface area contributed by atoms with Gasteiger partial charge in [-0.1, -0.05) is 18.2 Å². The monoisotopic (exact) mass is 218 g/mol. The highest BCUT2D eigenvalue weighted by molar-refractivity contribution is 5.99. The van der Waals surface area contributed by atoms with Crippen LogP contribution in [0.3, 0.4) is 0 Å². The Hall–Kier alpha value is -1.77. The number of carbonyl (C=O) groups is 1. The molecule has 1 rings (SSSR count). The van der Waals surface area contributed by atoms with Gasteiger partial charge in [0.15, 0.2) is 0 Å². The molecule has 0 aliphatic carbocycles. The van der Waals surface area contributed by atoms with Gasteiger partial charge in [-0.15, -0.1) is 6.58 Å². The average Bonchev–Trinajstić information content (AvgIpc) is 2.29. The standard InChI is InChI=1S/C13H18N2O/c1-4-10-15(3)13(16)11-8-6-7-9-12(11)14-5-2/h4,6-9,14H,1,5,10H2,2-3H3. The fourth-order valence-corrected chi connectivity index (χ4v) is 1.50. The summed E-state index contributed by atoms with van der Waals surface area (Å²) in [4.78, 5) is 13.7. The second-order valence-corrected chi connectivity index (χ2v) is 3.55. The molecule has 0 bridgehead atoms. The lowest BCUT2D eigenvalue weighted by Gasteiger charge is -2.17. The van der Waals surface area contributed by atoms with E-state index in [1.54, 1.807) is 18.0 Å². The Bertz CT molecular complexity index is 374. The zero-order valence-electron chi connectivity index (χ0n) is 9.86. The van der Waals surface area contributed by atoms with Crippen LogP contribution in [0.5, 0.6) is 0 Å². The summed E-state index contributed by atoms with van der Waals surface area (Å²) in [5, 5.41) is 3.18. The largest absolute Gasteiger partial charge is 0.385 e. The number of likely N-dealkylation sites (N-methyl/N-ethyl adjacent to an activating group) is 1. The minimum Gasteiger partial charge on any atom is -0.385 e. The number of amides is 1. The molecule has 3 nitrogen and oxygen atoms in total. The van der Waals surface area contributed by atoms with Gasteiger partial charge in [-0.3, -0.25) is 4.79 Å². The predicted molar refractivity (Wildman–Crippen MR) is 67.8 cm³/mol. The quantitative estimate of drug-likeness (QED) is 0.769. The van der Waals surface area contributed by atoms with Crippen LogP contribution in [0.15, 0.2) is 36.9 Å². The summed E-state index contributed by atoms with van der Waals surface area (Å²) in [6, 6.07) is 7.54. The number of carbonyl (C=O) groups excluding carboxylic acids is 1. The lowest BCUT2D eigenvalue weighted by Crippen LogP contribution is -2.27. The Kier molecular flexibility index (Phi) is 4.58. The summed E-state index contributed by atoms with van der Waals surface area (Å²) in [7, 11) is 1.77. The summed E-state index contributed by atoms with van der Waals surface area (Å²) in [6.07, 6.45) is 1.72. The second kappa shape index (κ2) is 5.95. The number of hydrogen-bond acceptors (Lipinski definition) is 2. The van der Waals surface area contributed by atoms with Gasteiger partial charge in [-0.05, 0) is 19.1 Å². The molecule has 0 aliphatic rings. The topological polar surface area (TPSA) is 32.3 Å². The van der Waals surface area contributed by atoms with Gasteiger partial charge < -0.3 is 10.2 Å². The molecule has 0 saturated carbocycles. The Labute approximate surface area is 96.8 Å². The summed E-state index contributed by atoms with van der Waals surface area (Å²) in [6.45, 7) is 6.99. The van der Waals surface area contributed by atoms with Crippen molar-refractivity contribution in [3.8, 4) is 0 Å². The molecule has 0 atom stereocenters. The van der Waals surface area contributed by atoms with Crippen LogP contribution >= 0.6 is 0 Å². The molecule has 0 aromatic heterocycles. The number of anilines is 1. The molecule has 0 radical (unpaired) electrons.